The monoisotopic (exact) mass is 369 g/mol. The van der Waals surface area contributed by atoms with Crippen molar-refractivity contribution in [2.75, 3.05) is 11.9 Å². The number of hydrogen-bond acceptors (Lipinski definition) is 5. The molecule has 2 aromatic carbocycles. The van der Waals surface area contributed by atoms with Crippen LogP contribution in [0.4, 0.5) is 11.4 Å². The van der Waals surface area contributed by atoms with Gasteiger partial charge in [-0.1, -0.05) is 30.3 Å². The molecule has 0 fully saturated rings. The second-order valence-corrected chi connectivity index (χ2v) is 6.76. The smallest absolute Gasteiger partial charge is 0.313 e. The van der Waals surface area contributed by atoms with Gasteiger partial charge in [-0.05, 0) is 29.7 Å². The molecule has 1 aliphatic rings. The minimum atomic E-state index is -1.16. The topological polar surface area (TPSA) is 122 Å². The summed E-state index contributed by atoms with van der Waals surface area (Å²) >= 11 is 0. The highest BCUT2D eigenvalue weighted by Crippen LogP contribution is 2.29. The van der Waals surface area contributed by atoms with E-state index in [4.69, 9.17) is 0 Å². The molecule has 0 bridgehead atoms. The fourth-order valence-corrected chi connectivity index (χ4v) is 3.20. The van der Waals surface area contributed by atoms with E-state index < -0.39 is 22.3 Å². The fraction of sp³-hybridized carbons (Fsp3) is 0.263. The number of rotatable bonds is 4. The number of benzene rings is 2. The van der Waals surface area contributed by atoms with Crippen LogP contribution >= 0.6 is 0 Å². The van der Waals surface area contributed by atoms with E-state index in [1.165, 1.54) is 12.1 Å². The molecule has 8 heteroatoms. The van der Waals surface area contributed by atoms with Gasteiger partial charge >= 0.3 is 11.8 Å². The summed E-state index contributed by atoms with van der Waals surface area (Å²) in [5.41, 5.74) is 1.17. The number of nitrogens with zero attached hydrogens (tertiary/aromatic N) is 1. The van der Waals surface area contributed by atoms with Crippen LogP contribution in [-0.2, 0) is 22.4 Å². The molecule has 0 saturated carbocycles. The van der Waals surface area contributed by atoms with Gasteiger partial charge in [-0.15, -0.1) is 0 Å². The standard InChI is InChI=1S/C19H19N3O5/c1-12-6-7-15(16(8-12)22(26)27)21-18(24)17(23)20-11-19(25)9-13-4-2-3-5-14(13)10-19/h2-8,25H,9-11H2,1H3,(H,20,23)(H,21,24). The summed E-state index contributed by atoms with van der Waals surface area (Å²) in [6.45, 7) is 1.59. The summed E-state index contributed by atoms with van der Waals surface area (Å²) in [5, 5.41) is 26.4. The second kappa shape index (κ2) is 7.16. The van der Waals surface area contributed by atoms with Crippen molar-refractivity contribution in [2.24, 2.45) is 0 Å². The number of amides is 2. The van der Waals surface area contributed by atoms with Crippen molar-refractivity contribution in [1.82, 2.24) is 5.32 Å². The number of hydrogen-bond donors (Lipinski definition) is 3. The van der Waals surface area contributed by atoms with Crippen LogP contribution in [0.5, 0.6) is 0 Å². The first-order valence-electron chi connectivity index (χ1n) is 8.41. The third-order valence-corrected chi connectivity index (χ3v) is 4.54. The predicted molar refractivity (Wildman–Crippen MR) is 98.3 cm³/mol. The minimum absolute atomic E-state index is 0.0577. The molecule has 0 spiro atoms. The van der Waals surface area contributed by atoms with Crippen LogP contribution in [0.3, 0.4) is 0 Å². The van der Waals surface area contributed by atoms with E-state index in [0.717, 1.165) is 11.1 Å². The van der Waals surface area contributed by atoms with Crippen molar-refractivity contribution in [3.05, 3.63) is 69.3 Å². The van der Waals surface area contributed by atoms with Crippen LogP contribution in [0.25, 0.3) is 0 Å². The lowest BCUT2D eigenvalue weighted by atomic mass is 10.0. The third kappa shape index (κ3) is 4.12. The lowest BCUT2D eigenvalue weighted by Crippen LogP contribution is -2.46. The second-order valence-electron chi connectivity index (χ2n) is 6.76. The maximum absolute atomic E-state index is 12.1. The number of carbonyl (C=O) groups excluding carboxylic acids is 2. The van der Waals surface area contributed by atoms with Crippen molar-refractivity contribution >= 4 is 23.2 Å². The Hall–Kier alpha value is -3.26. The number of nitro groups is 1. The van der Waals surface area contributed by atoms with Gasteiger partial charge in [0.1, 0.15) is 5.69 Å². The van der Waals surface area contributed by atoms with Crippen LogP contribution in [0.15, 0.2) is 42.5 Å². The number of nitrogens with one attached hydrogen (secondary N) is 2. The van der Waals surface area contributed by atoms with Gasteiger partial charge in [-0.2, -0.15) is 0 Å². The molecule has 3 N–H and O–H groups in total. The summed E-state index contributed by atoms with van der Waals surface area (Å²) in [6.07, 6.45) is 0.767. The lowest BCUT2D eigenvalue weighted by molar-refractivity contribution is -0.384. The average molecular weight is 369 g/mol. The minimum Gasteiger partial charge on any atom is -0.387 e. The highest BCUT2D eigenvalue weighted by atomic mass is 16.6. The molecule has 8 nitrogen and oxygen atoms in total. The summed E-state index contributed by atoms with van der Waals surface area (Å²) in [7, 11) is 0. The highest BCUT2D eigenvalue weighted by Gasteiger charge is 2.35. The van der Waals surface area contributed by atoms with Crippen molar-refractivity contribution in [3.8, 4) is 0 Å². The Labute approximate surface area is 155 Å². The number of carbonyl (C=O) groups is 2. The summed E-state index contributed by atoms with van der Waals surface area (Å²) < 4.78 is 0. The fourth-order valence-electron chi connectivity index (χ4n) is 3.20. The molecule has 0 unspecified atom stereocenters. The molecule has 140 valence electrons. The first-order chi connectivity index (χ1) is 12.8. The Morgan fingerprint density at radius 3 is 2.37 bits per heavy atom. The van der Waals surface area contributed by atoms with E-state index in [9.17, 15) is 24.8 Å². The van der Waals surface area contributed by atoms with Gasteiger partial charge in [-0.25, -0.2) is 0 Å². The maximum atomic E-state index is 12.1. The van der Waals surface area contributed by atoms with Gasteiger partial charge in [0.15, 0.2) is 0 Å². The Morgan fingerprint density at radius 1 is 1.15 bits per heavy atom. The van der Waals surface area contributed by atoms with Gasteiger partial charge in [0.2, 0.25) is 0 Å². The summed E-state index contributed by atoms with van der Waals surface area (Å²) in [5.74, 6) is -1.99. The molecule has 1 aliphatic carbocycles. The van der Waals surface area contributed by atoms with E-state index in [-0.39, 0.29) is 17.9 Å². The molecular weight excluding hydrogens is 350 g/mol. The molecule has 0 saturated heterocycles. The summed E-state index contributed by atoms with van der Waals surface area (Å²) in [6, 6.07) is 11.9. The number of nitro benzene ring substituents is 1. The van der Waals surface area contributed by atoms with Crippen LogP contribution in [0, 0.1) is 17.0 Å². The highest BCUT2D eigenvalue weighted by molar-refractivity contribution is 6.39. The van der Waals surface area contributed by atoms with Crippen molar-refractivity contribution in [1.29, 1.82) is 0 Å². The number of aryl methyl sites for hydroxylation is 1. The van der Waals surface area contributed by atoms with Crippen LogP contribution in [0.1, 0.15) is 16.7 Å². The SMILES string of the molecule is Cc1ccc(NC(=O)C(=O)NCC2(O)Cc3ccccc3C2)c([N+](=O)[O-])c1. The van der Waals surface area contributed by atoms with E-state index in [0.29, 0.717) is 18.4 Å². The van der Waals surface area contributed by atoms with Gasteiger partial charge in [0.25, 0.3) is 5.69 Å². The third-order valence-electron chi connectivity index (χ3n) is 4.54. The van der Waals surface area contributed by atoms with Crippen molar-refractivity contribution in [2.45, 2.75) is 25.4 Å². The van der Waals surface area contributed by atoms with Crippen molar-refractivity contribution in [3.63, 3.8) is 0 Å². The zero-order valence-corrected chi connectivity index (χ0v) is 14.7. The van der Waals surface area contributed by atoms with Gasteiger partial charge in [-0.3, -0.25) is 19.7 Å². The number of anilines is 1. The van der Waals surface area contributed by atoms with Gasteiger partial charge < -0.3 is 15.7 Å². The van der Waals surface area contributed by atoms with Gasteiger partial charge in [0.05, 0.1) is 10.5 Å². The Balaban J connectivity index is 1.61. The molecule has 0 aliphatic heterocycles. The molecule has 0 atom stereocenters. The van der Waals surface area contributed by atoms with Crippen LogP contribution in [0.2, 0.25) is 0 Å². The number of aliphatic hydroxyl groups is 1. The first-order valence-corrected chi connectivity index (χ1v) is 8.41. The Kier molecular flexibility index (Phi) is 4.91. The largest absolute Gasteiger partial charge is 0.387 e. The number of fused-ring (bicyclic) bond motifs is 1. The lowest BCUT2D eigenvalue weighted by Gasteiger charge is -2.22. The van der Waals surface area contributed by atoms with Crippen LogP contribution < -0.4 is 10.6 Å². The van der Waals surface area contributed by atoms with E-state index in [1.807, 2.05) is 24.3 Å². The molecule has 0 radical (unpaired) electrons. The van der Waals surface area contributed by atoms with Crippen molar-refractivity contribution < 1.29 is 19.6 Å². The van der Waals surface area contributed by atoms with E-state index in [1.54, 1.807) is 13.0 Å². The molecule has 0 aromatic heterocycles. The molecule has 3 rings (SSSR count). The predicted octanol–water partition coefficient (Wildman–Crippen LogP) is 1.49. The Bertz CT molecular complexity index is 900. The zero-order valence-electron chi connectivity index (χ0n) is 14.7. The first kappa shape index (κ1) is 18.5. The van der Waals surface area contributed by atoms with Crippen LogP contribution in [-0.4, -0.2) is 34.0 Å². The molecular formula is C19H19N3O5. The molecule has 0 heterocycles. The normalized spacial score (nSPS) is 14.3. The molecule has 27 heavy (non-hydrogen) atoms. The summed E-state index contributed by atoms with van der Waals surface area (Å²) in [4.78, 5) is 34.6. The van der Waals surface area contributed by atoms with E-state index in [2.05, 4.69) is 10.6 Å². The average Bonchev–Trinajstić information content (AvgIpc) is 2.97. The Morgan fingerprint density at radius 2 is 1.78 bits per heavy atom. The zero-order chi connectivity index (χ0) is 19.6. The van der Waals surface area contributed by atoms with E-state index >= 15 is 0 Å². The molecule has 2 amide bonds. The maximum Gasteiger partial charge on any atom is 0.313 e. The van der Waals surface area contributed by atoms with Gasteiger partial charge in [0, 0.05) is 25.5 Å². The quantitative estimate of drug-likeness (QED) is 0.428. The molecule has 2 aromatic rings.